The van der Waals surface area contributed by atoms with Gasteiger partial charge in [0.1, 0.15) is 29.4 Å². The highest BCUT2D eigenvalue weighted by Crippen LogP contribution is 2.49. The molecule has 5 rings (SSSR count). The molecule has 2 heterocycles. The number of nitrogens with zero attached hydrogens (tertiary/aromatic N) is 1. The molecule has 244 valence electrons. The SMILES string of the molecule is CCOP(C)(=O)O[C@H]1C[C@H](n2cc(C)c(=O)[nH]c2=O)O[C@@H]1COC(c1ccccc1)(c1ccc(OC)cc1)c1ccc(OC)cc1. The zero-order valence-corrected chi connectivity index (χ0v) is 27.4. The minimum absolute atomic E-state index is 0.0304. The molecular formula is C34H39N2O9P. The van der Waals surface area contributed by atoms with Crippen LogP contribution in [0.2, 0.25) is 0 Å². The Kier molecular flexibility index (Phi) is 10.3. The van der Waals surface area contributed by atoms with Gasteiger partial charge in [-0.3, -0.25) is 18.9 Å². The van der Waals surface area contributed by atoms with Gasteiger partial charge >= 0.3 is 13.3 Å². The van der Waals surface area contributed by atoms with E-state index in [2.05, 4.69) is 4.98 Å². The summed E-state index contributed by atoms with van der Waals surface area (Å²) in [4.78, 5) is 27.2. The summed E-state index contributed by atoms with van der Waals surface area (Å²) in [6.07, 6.45) is -0.766. The number of hydrogen-bond donors (Lipinski definition) is 1. The molecule has 0 amide bonds. The lowest BCUT2D eigenvalue weighted by molar-refractivity contribution is -0.0925. The highest BCUT2D eigenvalue weighted by Gasteiger charge is 2.44. The molecule has 4 aromatic rings. The normalized spacial score (nSPS) is 19.5. The highest BCUT2D eigenvalue weighted by atomic mass is 31.2. The molecular weight excluding hydrogens is 611 g/mol. The standard InChI is InChI=1S/C34H39N2O9P/c1-6-43-46(5,39)45-29-20-31(36-21-23(2)32(37)35-33(36)38)44-30(29)22-42-34(24-10-8-7-9-11-24,25-12-16-27(40-3)17-13-25)26-14-18-28(41-4)19-15-26/h7-19,21,29-31H,6,20,22H2,1-5H3,(H,35,37,38)/t29-,30+,31+,46?/m0/s1. The maximum absolute atomic E-state index is 13.2. The number of methoxy groups -OCH3 is 2. The Morgan fingerprint density at radius 2 is 1.48 bits per heavy atom. The fourth-order valence-electron chi connectivity index (χ4n) is 5.72. The number of aryl methyl sites for hydroxylation is 1. The molecule has 0 spiro atoms. The predicted molar refractivity (Wildman–Crippen MR) is 173 cm³/mol. The maximum Gasteiger partial charge on any atom is 0.330 e. The Balaban J connectivity index is 1.59. The van der Waals surface area contributed by atoms with Gasteiger partial charge in [0.15, 0.2) is 0 Å². The van der Waals surface area contributed by atoms with Crippen molar-refractivity contribution in [2.24, 2.45) is 0 Å². The van der Waals surface area contributed by atoms with E-state index in [1.165, 1.54) is 17.4 Å². The van der Waals surface area contributed by atoms with Gasteiger partial charge in [-0.05, 0) is 54.8 Å². The van der Waals surface area contributed by atoms with Crippen LogP contribution in [0.15, 0.2) is 94.6 Å². The summed E-state index contributed by atoms with van der Waals surface area (Å²) in [7, 11) is -0.275. The topological polar surface area (TPSA) is 127 Å². The Morgan fingerprint density at radius 3 is 2.02 bits per heavy atom. The van der Waals surface area contributed by atoms with Gasteiger partial charge in [-0.1, -0.05) is 54.6 Å². The monoisotopic (exact) mass is 650 g/mol. The van der Waals surface area contributed by atoms with E-state index in [1.807, 2.05) is 78.9 Å². The van der Waals surface area contributed by atoms with Gasteiger partial charge < -0.3 is 28.0 Å². The molecule has 0 aliphatic carbocycles. The van der Waals surface area contributed by atoms with E-state index in [9.17, 15) is 14.2 Å². The summed E-state index contributed by atoms with van der Waals surface area (Å²) < 4.78 is 50.3. The number of hydrogen-bond acceptors (Lipinski definition) is 9. The minimum atomic E-state index is -3.49. The zero-order chi connectivity index (χ0) is 32.9. The molecule has 1 aliphatic heterocycles. The lowest BCUT2D eigenvalue weighted by Gasteiger charge is -2.37. The molecule has 11 nitrogen and oxygen atoms in total. The van der Waals surface area contributed by atoms with Crippen LogP contribution in [0.1, 0.15) is 41.8 Å². The Labute approximate surface area is 267 Å². The van der Waals surface area contributed by atoms with Crippen molar-refractivity contribution in [1.29, 1.82) is 0 Å². The maximum atomic E-state index is 13.2. The average molecular weight is 651 g/mol. The largest absolute Gasteiger partial charge is 0.497 e. The van der Waals surface area contributed by atoms with Crippen molar-refractivity contribution in [3.8, 4) is 11.5 Å². The second kappa shape index (κ2) is 14.2. The first-order valence-corrected chi connectivity index (χ1v) is 17.0. The summed E-state index contributed by atoms with van der Waals surface area (Å²) in [6.45, 7) is 4.90. The number of benzene rings is 3. The van der Waals surface area contributed by atoms with Gasteiger partial charge in [-0.2, -0.15) is 0 Å². The number of ether oxygens (including phenoxy) is 4. The van der Waals surface area contributed by atoms with Crippen molar-refractivity contribution in [3.63, 3.8) is 0 Å². The molecule has 3 aromatic carbocycles. The molecule has 46 heavy (non-hydrogen) atoms. The van der Waals surface area contributed by atoms with Crippen molar-refractivity contribution in [2.45, 2.75) is 44.3 Å². The third-order valence-corrected chi connectivity index (χ3v) is 9.35. The van der Waals surface area contributed by atoms with E-state index in [1.54, 1.807) is 28.1 Å². The lowest BCUT2D eigenvalue weighted by atomic mass is 9.80. The Morgan fingerprint density at radius 1 is 0.913 bits per heavy atom. The molecule has 1 fully saturated rings. The van der Waals surface area contributed by atoms with Gasteiger partial charge in [0.25, 0.3) is 5.56 Å². The first kappa shape index (κ1) is 33.4. The number of aromatic amines is 1. The van der Waals surface area contributed by atoms with Crippen LogP contribution in [0, 0.1) is 6.92 Å². The predicted octanol–water partition coefficient (Wildman–Crippen LogP) is 5.40. The molecule has 1 aliphatic rings. The van der Waals surface area contributed by atoms with E-state index in [0.29, 0.717) is 17.1 Å². The number of rotatable bonds is 13. The zero-order valence-electron chi connectivity index (χ0n) is 26.5. The molecule has 0 radical (unpaired) electrons. The van der Waals surface area contributed by atoms with Gasteiger partial charge in [0.05, 0.1) is 33.5 Å². The molecule has 12 heteroatoms. The van der Waals surface area contributed by atoms with Crippen molar-refractivity contribution in [2.75, 3.05) is 34.1 Å². The fraction of sp³-hybridized carbons (Fsp3) is 0.353. The van der Waals surface area contributed by atoms with Crippen LogP contribution in [-0.4, -0.2) is 55.9 Å². The number of H-pyrrole nitrogens is 1. The molecule has 1 N–H and O–H groups in total. The van der Waals surface area contributed by atoms with Gasteiger partial charge in [-0.25, -0.2) is 4.79 Å². The quantitative estimate of drug-likeness (QED) is 0.149. The van der Waals surface area contributed by atoms with Crippen LogP contribution in [0.5, 0.6) is 11.5 Å². The van der Waals surface area contributed by atoms with E-state index in [4.69, 9.17) is 28.0 Å². The van der Waals surface area contributed by atoms with Crippen molar-refractivity contribution < 1.29 is 32.6 Å². The second-order valence-corrected chi connectivity index (χ2v) is 13.0. The Bertz CT molecular complexity index is 1720. The molecule has 1 unspecified atom stereocenters. The van der Waals surface area contributed by atoms with Crippen molar-refractivity contribution >= 4 is 7.60 Å². The summed E-state index contributed by atoms with van der Waals surface area (Å²) in [6, 6.07) is 25.0. The minimum Gasteiger partial charge on any atom is -0.497 e. The van der Waals surface area contributed by atoms with Crippen molar-refractivity contribution in [1.82, 2.24) is 9.55 Å². The third-order valence-electron chi connectivity index (χ3n) is 7.96. The summed E-state index contributed by atoms with van der Waals surface area (Å²) in [5.41, 5.74) is 0.582. The van der Waals surface area contributed by atoms with Crippen LogP contribution in [-0.2, 0) is 28.7 Å². The smallest absolute Gasteiger partial charge is 0.330 e. The first-order valence-electron chi connectivity index (χ1n) is 15.0. The van der Waals surface area contributed by atoms with Crippen LogP contribution < -0.4 is 20.7 Å². The Hall–Kier alpha value is -3.99. The van der Waals surface area contributed by atoms with Gasteiger partial charge in [0.2, 0.25) is 0 Å². The van der Waals surface area contributed by atoms with Crippen LogP contribution in [0.4, 0.5) is 0 Å². The first-order chi connectivity index (χ1) is 22.1. The highest BCUT2D eigenvalue weighted by molar-refractivity contribution is 7.53. The van der Waals surface area contributed by atoms with E-state index >= 15 is 0 Å². The molecule has 0 bridgehead atoms. The van der Waals surface area contributed by atoms with Gasteiger partial charge in [0, 0.05) is 24.8 Å². The van der Waals surface area contributed by atoms with Gasteiger partial charge in [-0.15, -0.1) is 0 Å². The molecule has 0 saturated carbocycles. The van der Waals surface area contributed by atoms with E-state index in [-0.39, 0.29) is 19.6 Å². The summed E-state index contributed by atoms with van der Waals surface area (Å²) in [5.74, 6) is 1.37. The second-order valence-electron chi connectivity index (χ2n) is 11.0. The average Bonchev–Trinajstić information content (AvgIpc) is 3.45. The number of aromatic nitrogens is 2. The number of nitrogens with one attached hydrogen (secondary N) is 1. The van der Waals surface area contributed by atoms with E-state index in [0.717, 1.165) is 16.7 Å². The third kappa shape index (κ3) is 7.04. The van der Waals surface area contributed by atoms with Crippen LogP contribution in [0.25, 0.3) is 0 Å². The van der Waals surface area contributed by atoms with Crippen molar-refractivity contribution in [3.05, 3.63) is 128 Å². The summed E-state index contributed by atoms with van der Waals surface area (Å²) in [5, 5.41) is 0. The molecule has 1 saturated heterocycles. The van der Waals surface area contributed by atoms with Crippen LogP contribution >= 0.6 is 7.60 Å². The van der Waals surface area contributed by atoms with E-state index < -0.39 is 42.9 Å². The summed E-state index contributed by atoms with van der Waals surface area (Å²) >= 11 is 0. The van der Waals surface area contributed by atoms with Crippen LogP contribution in [0.3, 0.4) is 0 Å². The fourth-order valence-corrected chi connectivity index (χ4v) is 6.97. The lowest BCUT2D eigenvalue weighted by Crippen LogP contribution is -2.38. The molecule has 4 atom stereocenters. The molecule has 1 aromatic heterocycles.